The molecule has 0 unspecified atom stereocenters. The van der Waals surface area contributed by atoms with E-state index in [-0.39, 0.29) is 16.7 Å². The molecule has 1 fully saturated rings. The summed E-state index contributed by atoms with van der Waals surface area (Å²) < 4.78 is 0. The van der Waals surface area contributed by atoms with Gasteiger partial charge in [-0.15, -0.1) is 0 Å². The molecular weight excluding hydrogens is 249 g/mol. The molecule has 0 saturated heterocycles. The number of benzene rings is 1. The van der Waals surface area contributed by atoms with Crippen LogP contribution < -0.4 is 5.73 Å². The largest absolute Gasteiger partial charge is 0.506 e. The van der Waals surface area contributed by atoms with Crippen LogP contribution in [-0.2, 0) is 0 Å². The molecule has 1 aromatic rings. The number of nitrogens with two attached hydrogens (primary N) is 1. The van der Waals surface area contributed by atoms with Crippen molar-refractivity contribution in [2.45, 2.75) is 25.0 Å². The molecule has 0 aliphatic heterocycles. The predicted molar refractivity (Wildman–Crippen MR) is 63.8 cm³/mol. The standard InChI is InChI=1S/C11H13Cl2NO2/c12-6-3-7(11(16)8(13)4-6)9(14)10(15)5-1-2-5/h3-5,9-10,15-16H,1-2,14H2/t9-,10+/m0/s1. The second-order valence-corrected chi connectivity index (χ2v) is 5.02. The van der Waals surface area contributed by atoms with Crippen molar-refractivity contribution in [1.29, 1.82) is 0 Å². The molecule has 1 aliphatic carbocycles. The summed E-state index contributed by atoms with van der Waals surface area (Å²) >= 11 is 11.6. The number of rotatable bonds is 3. The Kier molecular flexibility index (Phi) is 3.31. The number of hydrogen-bond acceptors (Lipinski definition) is 3. The third-order valence-electron chi connectivity index (χ3n) is 2.89. The first-order valence-corrected chi connectivity index (χ1v) is 5.88. The number of hydrogen-bond donors (Lipinski definition) is 3. The quantitative estimate of drug-likeness (QED) is 0.783. The number of aliphatic hydroxyl groups is 1. The molecule has 16 heavy (non-hydrogen) atoms. The zero-order valence-electron chi connectivity index (χ0n) is 8.53. The van der Waals surface area contributed by atoms with Gasteiger partial charge in [-0.3, -0.25) is 0 Å². The molecule has 2 atom stereocenters. The van der Waals surface area contributed by atoms with Gasteiger partial charge in [-0.2, -0.15) is 0 Å². The van der Waals surface area contributed by atoms with Crippen molar-refractivity contribution in [2.75, 3.05) is 0 Å². The maximum atomic E-state index is 9.89. The summed E-state index contributed by atoms with van der Waals surface area (Å²) in [6.07, 6.45) is 1.30. The van der Waals surface area contributed by atoms with Crippen LogP contribution >= 0.6 is 23.2 Å². The van der Waals surface area contributed by atoms with Crippen LogP contribution in [0.25, 0.3) is 0 Å². The molecule has 4 N–H and O–H groups in total. The van der Waals surface area contributed by atoms with Gasteiger partial charge >= 0.3 is 0 Å². The maximum Gasteiger partial charge on any atom is 0.139 e. The smallest absolute Gasteiger partial charge is 0.139 e. The van der Waals surface area contributed by atoms with Gasteiger partial charge in [-0.1, -0.05) is 23.2 Å². The lowest BCUT2D eigenvalue weighted by Crippen LogP contribution is -2.28. The predicted octanol–water partition coefficient (Wildman–Crippen LogP) is 2.47. The van der Waals surface area contributed by atoms with Gasteiger partial charge in [0.1, 0.15) is 5.75 Å². The van der Waals surface area contributed by atoms with E-state index in [0.717, 1.165) is 12.8 Å². The summed E-state index contributed by atoms with van der Waals surface area (Å²) in [4.78, 5) is 0. The molecule has 0 aromatic heterocycles. The molecule has 0 radical (unpaired) electrons. The highest BCUT2D eigenvalue weighted by Crippen LogP contribution is 2.41. The fourth-order valence-electron chi connectivity index (χ4n) is 1.75. The van der Waals surface area contributed by atoms with Gasteiger partial charge in [0.2, 0.25) is 0 Å². The van der Waals surface area contributed by atoms with Crippen LogP contribution in [0.2, 0.25) is 10.0 Å². The Morgan fingerprint density at radius 3 is 2.50 bits per heavy atom. The molecule has 0 amide bonds. The number of aliphatic hydroxyl groups excluding tert-OH is 1. The van der Waals surface area contributed by atoms with Crippen molar-refractivity contribution in [3.63, 3.8) is 0 Å². The molecule has 1 saturated carbocycles. The van der Waals surface area contributed by atoms with Crippen LogP contribution in [0.3, 0.4) is 0 Å². The molecule has 5 heteroatoms. The minimum absolute atomic E-state index is 0.0988. The van der Waals surface area contributed by atoms with Crippen LogP contribution in [0.4, 0.5) is 0 Å². The molecule has 1 aromatic carbocycles. The Hall–Kier alpha value is -0.480. The van der Waals surface area contributed by atoms with E-state index in [4.69, 9.17) is 28.9 Å². The fraction of sp³-hybridized carbons (Fsp3) is 0.455. The third kappa shape index (κ3) is 2.28. The molecule has 0 bridgehead atoms. The van der Waals surface area contributed by atoms with Gasteiger partial charge in [0.15, 0.2) is 0 Å². The first-order valence-electron chi connectivity index (χ1n) is 5.12. The first kappa shape index (κ1) is 12.0. The fourth-order valence-corrected chi connectivity index (χ4v) is 2.26. The van der Waals surface area contributed by atoms with Crippen molar-refractivity contribution < 1.29 is 10.2 Å². The van der Waals surface area contributed by atoms with Crippen molar-refractivity contribution in [3.8, 4) is 5.75 Å². The molecule has 3 nitrogen and oxygen atoms in total. The van der Waals surface area contributed by atoms with Crippen LogP contribution in [0.5, 0.6) is 5.75 Å². The summed E-state index contributed by atoms with van der Waals surface area (Å²) in [5.41, 5.74) is 6.29. The average molecular weight is 262 g/mol. The highest BCUT2D eigenvalue weighted by molar-refractivity contribution is 6.35. The van der Waals surface area contributed by atoms with Gasteiger partial charge in [-0.05, 0) is 30.9 Å². The molecule has 0 heterocycles. The number of halogens is 2. The number of phenolic OH excluding ortho intramolecular Hbond substituents is 1. The van der Waals surface area contributed by atoms with Gasteiger partial charge in [0, 0.05) is 10.6 Å². The summed E-state index contributed by atoms with van der Waals surface area (Å²) in [5, 5.41) is 20.2. The second-order valence-electron chi connectivity index (χ2n) is 4.18. The van der Waals surface area contributed by atoms with E-state index in [2.05, 4.69) is 0 Å². The van der Waals surface area contributed by atoms with Crippen LogP contribution in [0, 0.1) is 5.92 Å². The lowest BCUT2D eigenvalue weighted by molar-refractivity contribution is 0.121. The minimum Gasteiger partial charge on any atom is -0.506 e. The Labute approximate surface area is 104 Å². The number of phenols is 1. The summed E-state index contributed by atoms with van der Waals surface area (Å²) in [6.45, 7) is 0. The highest BCUT2D eigenvalue weighted by atomic mass is 35.5. The van der Waals surface area contributed by atoms with Crippen molar-refractivity contribution in [1.82, 2.24) is 0 Å². The first-order chi connectivity index (χ1) is 7.50. The normalized spacial score (nSPS) is 19.5. The van der Waals surface area contributed by atoms with E-state index in [1.807, 2.05) is 0 Å². The van der Waals surface area contributed by atoms with Crippen LogP contribution in [-0.4, -0.2) is 16.3 Å². The topological polar surface area (TPSA) is 66.5 Å². The van der Waals surface area contributed by atoms with Gasteiger partial charge in [0.25, 0.3) is 0 Å². The van der Waals surface area contributed by atoms with E-state index in [9.17, 15) is 10.2 Å². The Morgan fingerprint density at radius 2 is 1.94 bits per heavy atom. The monoisotopic (exact) mass is 261 g/mol. The zero-order valence-corrected chi connectivity index (χ0v) is 10.0. The SMILES string of the molecule is N[C@@H](c1cc(Cl)cc(Cl)c1O)[C@H](O)C1CC1. The summed E-state index contributed by atoms with van der Waals surface area (Å²) in [5.74, 6) is 0.130. The van der Waals surface area contributed by atoms with Crippen molar-refractivity contribution >= 4 is 23.2 Å². The molecule has 0 spiro atoms. The Bertz CT molecular complexity index is 407. The minimum atomic E-state index is -0.652. The highest BCUT2D eigenvalue weighted by Gasteiger charge is 2.35. The van der Waals surface area contributed by atoms with E-state index in [0.29, 0.717) is 10.6 Å². The van der Waals surface area contributed by atoms with E-state index < -0.39 is 12.1 Å². The Morgan fingerprint density at radius 1 is 1.31 bits per heavy atom. The van der Waals surface area contributed by atoms with Crippen LogP contribution in [0.1, 0.15) is 24.4 Å². The van der Waals surface area contributed by atoms with E-state index >= 15 is 0 Å². The lowest BCUT2D eigenvalue weighted by Gasteiger charge is -2.20. The molecule has 2 rings (SSSR count). The average Bonchev–Trinajstić information content (AvgIpc) is 3.05. The van der Waals surface area contributed by atoms with Crippen molar-refractivity contribution in [3.05, 3.63) is 27.7 Å². The molecular formula is C11H13Cl2NO2. The van der Waals surface area contributed by atoms with Gasteiger partial charge in [-0.25, -0.2) is 0 Å². The van der Waals surface area contributed by atoms with Crippen LogP contribution in [0.15, 0.2) is 12.1 Å². The van der Waals surface area contributed by atoms with Gasteiger partial charge < -0.3 is 15.9 Å². The zero-order chi connectivity index (χ0) is 11.9. The molecule has 88 valence electrons. The summed E-state index contributed by atoms with van der Waals surface area (Å²) in [7, 11) is 0. The Balaban J connectivity index is 2.31. The summed E-state index contributed by atoms with van der Waals surface area (Å²) in [6, 6.07) is 2.33. The maximum absolute atomic E-state index is 9.89. The van der Waals surface area contributed by atoms with E-state index in [1.54, 1.807) is 6.07 Å². The third-order valence-corrected chi connectivity index (χ3v) is 3.40. The van der Waals surface area contributed by atoms with Crippen molar-refractivity contribution in [2.24, 2.45) is 11.7 Å². The second kappa shape index (κ2) is 4.41. The molecule has 1 aliphatic rings. The van der Waals surface area contributed by atoms with Gasteiger partial charge in [0.05, 0.1) is 17.2 Å². The lowest BCUT2D eigenvalue weighted by atomic mass is 9.98. The number of aromatic hydroxyl groups is 1. The van der Waals surface area contributed by atoms with E-state index in [1.165, 1.54) is 6.07 Å².